The number of likely N-dealkylation sites (tertiary alicyclic amines) is 1. The third-order valence-corrected chi connectivity index (χ3v) is 4.37. The number of aromatic nitrogens is 1. The van der Waals surface area contributed by atoms with Crippen LogP contribution in [-0.4, -0.2) is 40.0 Å². The first kappa shape index (κ1) is 14.6. The summed E-state index contributed by atoms with van der Waals surface area (Å²) in [5, 5.41) is 10.2. The van der Waals surface area contributed by atoms with Crippen LogP contribution in [0.25, 0.3) is 10.9 Å². The monoisotopic (exact) mass is 300 g/mol. The molecule has 1 aliphatic heterocycles. The molecule has 0 aliphatic carbocycles. The maximum atomic E-state index is 12.3. The van der Waals surface area contributed by atoms with Crippen LogP contribution >= 0.6 is 0 Å². The molecule has 5 nitrogen and oxygen atoms in total. The molecule has 1 atom stereocenters. The molecule has 22 heavy (non-hydrogen) atoms. The highest BCUT2D eigenvalue weighted by molar-refractivity contribution is 5.81. The molecule has 1 aromatic carbocycles. The van der Waals surface area contributed by atoms with Gasteiger partial charge in [0.05, 0.1) is 5.92 Å². The number of piperidine rings is 1. The number of carbonyl (C=O) groups is 2. The molecule has 116 valence electrons. The van der Waals surface area contributed by atoms with E-state index in [1.165, 1.54) is 0 Å². The van der Waals surface area contributed by atoms with Gasteiger partial charge in [-0.2, -0.15) is 0 Å². The number of carboxylic acids is 1. The van der Waals surface area contributed by atoms with Crippen molar-refractivity contribution >= 4 is 22.8 Å². The van der Waals surface area contributed by atoms with Gasteiger partial charge in [0.15, 0.2) is 0 Å². The van der Waals surface area contributed by atoms with Crippen molar-refractivity contribution in [2.45, 2.75) is 25.7 Å². The average Bonchev–Trinajstić information content (AvgIpc) is 3.00. The van der Waals surface area contributed by atoms with Crippen molar-refractivity contribution in [1.29, 1.82) is 0 Å². The smallest absolute Gasteiger partial charge is 0.308 e. The third kappa shape index (κ3) is 3.13. The van der Waals surface area contributed by atoms with Gasteiger partial charge < -0.3 is 15.0 Å². The number of rotatable bonds is 4. The van der Waals surface area contributed by atoms with Gasteiger partial charge >= 0.3 is 5.97 Å². The van der Waals surface area contributed by atoms with Crippen LogP contribution in [0.1, 0.15) is 24.8 Å². The maximum Gasteiger partial charge on any atom is 0.308 e. The molecule has 0 bridgehead atoms. The summed E-state index contributed by atoms with van der Waals surface area (Å²) in [7, 11) is 0. The SMILES string of the molecule is O=C(O)C1CCCN(C(=O)CCc2ccc3[nH]ccc3c2)C1. The first-order valence-corrected chi connectivity index (χ1v) is 7.70. The Hall–Kier alpha value is -2.30. The van der Waals surface area contributed by atoms with Crippen molar-refractivity contribution in [2.24, 2.45) is 5.92 Å². The van der Waals surface area contributed by atoms with E-state index in [0.29, 0.717) is 32.4 Å². The Morgan fingerprint density at radius 2 is 2.18 bits per heavy atom. The number of benzene rings is 1. The van der Waals surface area contributed by atoms with Crippen molar-refractivity contribution < 1.29 is 14.7 Å². The lowest BCUT2D eigenvalue weighted by atomic mass is 9.97. The van der Waals surface area contributed by atoms with Crippen LogP contribution in [0.4, 0.5) is 0 Å². The Balaban J connectivity index is 1.58. The number of hydrogen-bond acceptors (Lipinski definition) is 2. The maximum absolute atomic E-state index is 12.3. The lowest BCUT2D eigenvalue weighted by Crippen LogP contribution is -2.42. The fourth-order valence-corrected chi connectivity index (χ4v) is 3.07. The van der Waals surface area contributed by atoms with Gasteiger partial charge in [-0.15, -0.1) is 0 Å². The first-order chi connectivity index (χ1) is 10.6. The first-order valence-electron chi connectivity index (χ1n) is 7.70. The summed E-state index contributed by atoms with van der Waals surface area (Å²) in [5.74, 6) is -1.15. The molecule has 1 saturated heterocycles. The van der Waals surface area contributed by atoms with Crippen molar-refractivity contribution in [3.05, 3.63) is 36.0 Å². The van der Waals surface area contributed by atoms with Crippen LogP contribution in [0, 0.1) is 5.92 Å². The lowest BCUT2D eigenvalue weighted by molar-refractivity contribution is -0.145. The number of hydrogen-bond donors (Lipinski definition) is 2. The number of H-pyrrole nitrogens is 1. The van der Waals surface area contributed by atoms with Crippen LogP contribution in [0.5, 0.6) is 0 Å². The zero-order valence-corrected chi connectivity index (χ0v) is 12.4. The molecule has 1 fully saturated rings. The average molecular weight is 300 g/mol. The minimum atomic E-state index is -0.796. The van der Waals surface area contributed by atoms with Crippen molar-refractivity contribution in [1.82, 2.24) is 9.88 Å². The number of carbonyl (C=O) groups excluding carboxylic acids is 1. The molecule has 1 unspecified atom stereocenters. The van der Waals surface area contributed by atoms with Gasteiger partial charge in [-0.3, -0.25) is 9.59 Å². The summed E-state index contributed by atoms with van der Waals surface area (Å²) in [6.45, 7) is 1.03. The number of aryl methyl sites for hydroxylation is 1. The Morgan fingerprint density at radius 3 is 3.00 bits per heavy atom. The van der Waals surface area contributed by atoms with Crippen LogP contribution in [0.2, 0.25) is 0 Å². The van der Waals surface area contributed by atoms with Crippen LogP contribution < -0.4 is 0 Å². The zero-order chi connectivity index (χ0) is 15.5. The van der Waals surface area contributed by atoms with Gasteiger partial charge in [-0.05, 0) is 48.4 Å². The highest BCUT2D eigenvalue weighted by atomic mass is 16.4. The normalized spacial score (nSPS) is 18.5. The number of aromatic amines is 1. The number of amides is 1. The number of nitrogens with one attached hydrogen (secondary N) is 1. The van der Waals surface area contributed by atoms with E-state index in [4.69, 9.17) is 5.11 Å². The quantitative estimate of drug-likeness (QED) is 0.910. The van der Waals surface area contributed by atoms with E-state index in [2.05, 4.69) is 11.1 Å². The van der Waals surface area contributed by atoms with Crippen LogP contribution in [0.15, 0.2) is 30.5 Å². The second kappa shape index (κ2) is 6.22. The Morgan fingerprint density at radius 1 is 1.32 bits per heavy atom. The minimum Gasteiger partial charge on any atom is -0.481 e. The third-order valence-electron chi connectivity index (χ3n) is 4.37. The number of nitrogens with zero attached hydrogens (tertiary/aromatic N) is 1. The van der Waals surface area contributed by atoms with Gasteiger partial charge in [0.2, 0.25) is 5.91 Å². The number of carboxylic acid groups (broad SMARTS) is 1. The summed E-state index contributed by atoms with van der Waals surface area (Å²) in [6, 6.07) is 8.16. The number of aliphatic carboxylic acids is 1. The van der Waals surface area contributed by atoms with Crippen molar-refractivity contribution in [3.63, 3.8) is 0 Å². The predicted octanol–water partition coefficient (Wildman–Crippen LogP) is 2.42. The minimum absolute atomic E-state index is 0.0557. The summed E-state index contributed by atoms with van der Waals surface area (Å²) in [6.07, 6.45) is 4.47. The van der Waals surface area contributed by atoms with E-state index < -0.39 is 11.9 Å². The van der Waals surface area contributed by atoms with E-state index in [0.717, 1.165) is 22.9 Å². The standard InChI is InChI=1S/C17H20N2O3/c20-16(19-9-1-2-14(11-19)17(21)22)6-4-12-3-5-15-13(10-12)7-8-18-15/h3,5,7-8,10,14,18H,1-2,4,6,9,11H2,(H,21,22). The molecule has 0 saturated carbocycles. The lowest BCUT2D eigenvalue weighted by Gasteiger charge is -2.30. The highest BCUT2D eigenvalue weighted by Gasteiger charge is 2.27. The fraction of sp³-hybridized carbons (Fsp3) is 0.412. The van der Waals surface area contributed by atoms with Crippen LogP contribution in [0.3, 0.4) is 0 Å². The predicted molar refractivity (Wildman–Crippen MR) is 83.6 cm³/mol. The topological polar surface area (TPSA) is 73.4 Å². The fourth-order valence-electron chi connectivity index (χ4n) is 3.07. The number of fused-ring (bicyclic) bond motifs is 1. The second-order valence-corrected chi connectivity index (χ2v) is 5.92. The van der Waals surface area contributed by atoms with Gasteiger partial charge in [-0.1, -0.05) is 6.07 Å². The molecular weight excluding hydrogens is 280 g/mol. The molecule has 2 N–H and O–H groups in total. The molecule has 1 aromatic heterocycles. The molecule has 1 aliphatic rings. The molecule has 1 amide bonds. The molecule has 2 aromatic rings. The largest absolute Gasteiger partial charge is 0.481 e. The van der Waals surface area contributed by atoms with E-state index in [-0.39, 0.29) is 5.91 Å². The molecule has 5 heteroatoms. The molecular formula is C17H20N2O3. The van der Waals surface area contributed by atoms with Crippen molar-refractivity contribution in [3.8, 4) is 0 Å². The Kier molecular flexibility index (Phi) is 4.13. The summed E-state index contributed by atoms with van der Waals surface area (Å²) in [5.41, 5.74) is 2.22. The van der Waals surface area contributed by atoms with Crippen molar-refractivity contribution in [2.75, 3.05) is 13.1 Å². The van der Waals surface area contributed by atoms with E-state index in [1.807, 2.05) is 24.4 Å². The summed E-state index contributed by atoms with van der Waals surface area (Å²) < 4.78 is 0. The highest BCUT2D eigenvalue weighted by Crippen LogP contribution is 2.19. The van der Waals surface area contributed by atoms with Gasteiger partial charge in [0.1, 0.15) is 0 Å². The van der Waals surface area contributed by atoms with Crippen LogP contribution in [-0.2, 0) is 16.0 Å². The molecule has 2 heterocycles. The Bertz CT molecular complexity index is 692. The zero-order valence-electron chi connectivity index (χ0n) is 12.4. The molecule has 0 radical (unpaired) electrons. The van der Waals surface area contributed by atoms with Gasteiger partial charge in [0, 0.05) is 31.2 Å². The second-order valence-electron chi connectivity index (χ2n) is 5.92. The summed E-state index contributed by atoms with van der Waals surface area (Å²) >= 11 is 0. The van der Waals surface area contributed by atoms with Gasteiger partial charge in [0.25, 0.3) is 0 Å². The van der Waals surface area contributed by atoms with E-state index >= 15 is 0 Å². The molecule has 3 rings (SSSR count). The van der Waals surface area contributed by atoms with E-state index in [9.17, 15) is 9.59 Å². The summed E-state index contributed by atoms with van der Waals surface area (Å²) in [4.78, 5) is 28.2. The molecule has 0 spiro atoms. The van der Waals surface area contributed by atoms with E-state index in [1.54, 1.807) is 4.90 Å². The Labute approximate surface area is 128 Å². The van der Waals surface area contributed by atoms with Gasteiger partial charge in [-0.25, -0.2) is 0 Å².